The van der Waals surface area contributed by atoms with Crippen LogP contribution in [0.4, 0.5) is 0 Å². The molecule has 21 heavy (non-hydrogen) atoms. The first kappa shape index (κ1) is 16.0. The Morgan fingerprint density at radius 2 is 2.19 bits per heavy atom. The van der Waals surface area contributed by atoms with Crippen molar-refractivity contribution in [2.24, 2.45) is 11.1 Å². The van der Waals surface area contributed by atoms with E-state index in [4.69, 9.17) is 5.73 Å². The number of nitrogens with one attached hydrogen (secondary N) is 1. The quantitative estimate of drug-likeness (QED) is 0.802. The number of hydrogen-bond acceptors (Lipinski definition) is 4. The predicted octanol–water partition coefficient (Wildman–Crippen LogP) is 1.25. The molecular formula is C15H21N3O2S. The van der Waals surface area contributed by atoms with Crippen LogP contribution >= 0.6 is 0 Å². The molecule has 1 aliphatic rings. The fourth-order valence-electron chi connectivity index (χ4n) is 2.45. The average Bonchev–Trinajstić information content (AvgIpc) is 2.45. The number of nitrogens with zero attached hydrogens (tertiary/aromatic N) is 1. The lowest BCUT2D eigenvalue weighted by molar-refractivity contribution is 0.133. The molecule has 0 amide bonds. The summed E-state index contributed by atoms with van der Waals surface area (Å²) in [5.41, 5.74) is 6.00. The monoisotopic (exact) mass is 307 g/mol. The van der Waals surface area contributed by atoms with E-state index in [1.165, 1.54) is 24.9 Å². The molecule has 3 N–H and O–H groups in total. The summed E-state index contributed by atoms with van der Waals surface area (Å²) in [7, 11) is -3.54. The van der Waals surface area contributed by atoms with E-state index in [1.54, 1.807) is 0 Å². The molecule has 114 valence electrons. The number of nitrogens with two attached hydrogens (primary N) is 1. The Balaban J connectivity index is 2.12. The summed E-state index contributed by atoms with van der Waals surface area (Å²) in [6, 6.07) is 1.53. The zero-order valence-corrected chi connectivity index (χ0v) is 13.0. The van der Waals surface area contributed by atoms with E-state index in [-0.39, 0.29) is 16.9 Å². The van der Waals surface area contributed by atoms with Gasteiger partial charge in [0, 0.05) is 24.5 Å². The van der Waals surface area contributed by atoms with Crippen molar-refractivity contribution in [3.8, 4) is 11.8 Å². The molecule has 1 aromatic rings. The Kier molecular flexibility index (Phi) is 4.99. The van der Waals surface area contributed by atoms with Crippen molar-refractivity contribution < 1.29 is 8.42 Å². The van der Waals surface area contributed by atoms with Gasteiger partial charge < -0.3 is 5.73 Å². The molecule has 0 unspecified atom stereocenters. The summed E-state index contributed by atoms with van der Waals surface area (Å²) in [5, 5.41) is 0. The molecule has 1 aliphatic carbocycles. The van der Waals surface area contributed by atoms with Crippen LogP contribution in [0.3, 0.4) is 0 Å². The van der Waals surface area contributed by atoms with Gasteiger partial charge in [0.2, 0.25) is 10.0 Å². The van der Waals surface area contributed by atoms with Crippen LogP contribution in [0, 0.1) is 17.3 Å². The summed E-state index contributed by atoms with van der Waals surface area (Å²) < 4.78 is 27.4. The number of aromatic nitrogens is 1. The Hall–Kier alpha value is -1.42. The van der Waals surface area contributed by atoms with Gasteiger partial charge in [-0.1, -0.05) is 25.2 Å². The van der Waals surface area contributed by atoms with Crippen molar-refractivity contribution in [1.82, 2.24) is 9.71 Å². The van der Waals surface area contributed by atoms with Gasteiger partial charge in [0.05, 0.1) is 6.54 Å². The van der Waals surface area contributed by atoms with Gasteiger partial charge in [0.15, 0.2) is 0 Å². The van der Waals surface area contributed by atoms with Crippen molar-refractivity contribution in [2.45, 2.75) is 37.5 Å². The number of hydrogen-bond donors (Lipinski definition) is 2. The Bertz CT molecular complexity index is 649. The summed E-state index contributed by atoms with van der Waals surface area (Å²) in [6.45, 7) is 2.83. The van der Waals surface area contributed by atoms with Crippen LogP contribution in [-0.4, -0.2) is 26.5 Å². The Morgan fingerprint density at radius 3 is 2.76 bits per heavy atom. The van der Waals surface area contributed by atoms with Crippen LogP contribution in [0.1, 0.15) is 38.2 Å². The van der Waals surface area contributed by atoms with Gasteiger partial charge in [-0.25, -0.2) is 13.1 Å². The van der Waals surface area contributed by atoms with E-state index >= 15 is 0 Å². The number of sulfonamides is 1. The molecule has 0 spiro atoms. The smallest absolute Gasteiger partial charge is 0.242 e. The third-order valence-corrected chi connectivity index (χ3v) is 5.53. The lowest BCUT2D eigenvalue weighted by atomic mass is 9.67. The van der Waals surface area contributed by atoms with Gasteiger partial charge in [-0.15, -0.1) is 0 Å². The summed E-state index contributed by atoms with van der Waals surface area (Å²) in [4.78, 5) is 4.09. The standard InChI is InChI=1S/C15H21N3O2S/c1-2-15(6-4-7-15)12-18-21(19,20)14-9-13(5-3-8-16)10-17-11-14/h9-11,18H,2,4,6-8,12,16H2,1H3. The van der Waals surface area contributed by atoms with Crippen molar-refractivity contribution >= 4 is 10.0 Å². The molecule has 0 atom stereocenters. The highest BCUT2D eigenvalue weighted by atomic mass is 32.2. The minimum Gasteiger partial charge on any atom is -0.320 e. The summed E-state index contributed by atoms with van der Waals surface area (Å²) in [5.74, 6) is 5.48. The summed E-state index contributed by atoms with van der Waals surface area (Å²) in [6.07, 6.45) is 7.23. The average molecular weight is 307 g/mol. The van der Waals surface area contributed by atoms with Gasteiger partial charge >= 0.3 is 0 Å². The van der Waals surface area contributed by atoms with Crippen LogP contribution < -0.4 is 10.5 Å². The summed E-state index contributed by atoms with van der Waals surface area (Å²) >= 11 is 0. The van der Waals surface area contributed by atoms with E-state index in [0.29, 0.717) is 12.1 Å². The fraction of sp³-hybridized carbons (Fsp3) is 0.533. The highest BCUT2D eigenvalue weighted by Crippen LogP contribution is 2.43. The minimum absolute atomic E-state index is 0.136. The van der Waals surface area contributed by atoms with E-state index < -0.39 is 10.0 Å². The molecule has 1 aromatic heterocycles. The van der Waals surface area contributed by atoms with Gasteiger partial charge in [-0.2, -0.15) is 0 Å². The Labute approximate surface area is 126 Å². The molecule has 6 heteroatoms. The molecule has 0 aliphatic heterocycles. The van der Waals surface area contributed by atoms with Crippen LogP contribution in [0.5, 0.6) is 0 Å². The third-order valence-electron chi connectivity index (χ3n) is 4.16. The maximum absolute atomic E-state index is 12.3. The number of rotatable bonds is 5. The third kappa shape index (κ3) is 3.82. The zero-order valence-electron chi connectivity index (χ0n) is 12.2. The van der Waals surface area contributed by atoms with Gasteiger partial charge in [0.25, 0.3) is 0 Å². The topological polar surface area (TPSA) is 85.1 Å². The molecule has 0 radical (unpaired) electrons. The van der Waals surface area contributed by atoms with Crippen LogP contribution in [-0.2, 0) is 10.0 Å². The molecule has 1 heterocycles. The van der Waals surface area contributed by atoms with Crippen molar-refractivity contribution in [1.29, 1.82) is 0 Å². The highest BCUT2D eigenvalue weighted by molar-refractivity contribution is 7.89. The van der Waals surface area contributed by atoms with Crippen molar-refractivity contribution in [3.63, 3.8) is 0 Å². The highest BCUT2D eigenvalue weighted by Gasteiger charge is 2.36. The largest absolute Gasteiger partial charge is 0.320 e. The first-order chi connectivity index (χ1) is 10.0. The van der Waals surface area contributed by atoms with Gasteiger partial charge in [0.1, 0.15) is 4.90 Å². The second-order valence-corrected chi connectivity index (χ2v) is 7.21. The van der Waals surface area contributed by atoms with Gasteiger partial charge in [-0.05, 0) is 30.7 Å². The predicted molar refractivity (Wildman–Crippen MR) is 81.9 cm³/mol. The first-order valence-electron chi connectivity index (χ1n) is 7.15. The van der Waals surface area contributed by atoms with Crippen LogP contribution in [0.2, 0.25) is 0 Å². The van der Waals surface area contributed by atoms with Crippen molar-refractivity contribution in [2.75, 3.05) is 13.1 Å². The van der Waals surface area contributed by atoms with E-state index in [1.807, 2.05) is 0 Å². The van der Waals surface area contributed by atoms with Crippen LogP contribution in [0.25, 0.3) is 0 Å². The second kappa shape index (κ2) is 6.56. The molecule has 2 rings (SSSR count). The molecule has 0 saturated heterocycles. The van der Waals surface area contributed by atoms with E-state index in [9.17, 15) is 8.42 Å². The maximum Gasteiger partial charge on any atom is 0.242 e. The normalized spacial score (nSPS) is 16.7. The van der Waals surface area contributed by atoms with E-state index in [0.717, 1.165) is 19.3 Å². The molecule has 1 saturated carbocycles. The van der Waals surface area contributed by atoms with E-state index in [2.05, 4.69) is 28.5 Å². The maximum atomic E-state index is 12.3. The minimum atomic E-state index is -3.54. The molecule has 0 bridgehead atoms. The second-order valence-electron chi connectivity index (χ2n) is 5.45. The number of pyridine rings is 1. The lowest BCUT2D eigenvalue weighted by Gasteiger charge is -2.41. The zero-order chi connectivity index (χ0) is 15.3. The molecule has 5 nitrogen and oxygen atoms in total. The van der Waals surface area contributed by atoms with Crippen LogP contribution in [0.15, 0.2) is 23.4 Å². The molecular weight excluding hydrogens is 286 g/mol. The lowest BCUT2D eigenvalue weighted by Crippen LogP contribution is -2.41. The Morgan fingerprint density at radius 1 is 1.43 bits per heavy atom. The van der Waals surface area contributed by atoms with Gasteiger partial charge in [-0.3, -0.25) is 4.98 Å². The first-order valence-corrected chi connectivity index (χ1v) is 8.63. The SMILES string of the molecule is CCC1(CNS(=O)(=O)c2cncc(C#CCN)c2)CCC1. The fourth-order valence-corrected chi connectivity index (χ4v) is 3.60. The molecule has 1 fully saturated rings. The molecule has 0 aromatic carbocycles. The van der Waals surface area contributed by atoms with Crippen molar-refractivity contribution in [3.05, 3.63) is 24.0 Å².